The lowest BCUT2D eigenvalue weighted by Gasteiger charge is -2.44. The standard InChI is InChI=1S/C17H31N3O2/c1-13(18-17(22)20-10-4-8-16(21)12-20)14-5-3-9-19(11-14)15-6-2-7-15/h13-16,21H,2-12H2,1H3,(H,18,22). The molecule has 3 fully saturated rings. The summed E-state index contributed by atoms with van der Waals surface area (Å²) >= 11 is 0. The summed E-state index contributed by atoms with van der Waals surface area (Å²) in [6.45, 7) is 5.77. The van der Waals surface area contributed by atoms with E-state index in [-0.39, 0.29) is 18.2 Å². The second kappa shape index (κ2) is 7.18. The molecular weight excluding hydrogens is 278 g/mol. The maximum absolute atomic E-state index is 12.4. The second-order valence-corrected chi connectivity index (χ2v) is 7.46. The van der Waals surface area contributed by atoms with Crippen LogP contribution in [0.2, 0.25) is 0 Å². The molecule has 3 rings (SSSR count). The van der Waals surface area contributed by atoms with Gasteiger partial charge in [0.25, 0.3) is 0 Å². The number of aliphatic hydroxyl groups is 1. The minimum Gasteiger partial charge on any atom is -0.391 e. The molecular formula is C17H31N3O2. The molecule has 3 atom stereocenters. The van der Waals surface area contributed by atoms with Gasteiger partial charge < -0.3 is 20.2 Å². The molecule has 0 aromatic heterocycles. The van der Waals surface area contributed by atoms with Crippen LogP contribution in [-0.4, -0.2) is 65.3 Å². The van der Waals surface area contributed by atoms with E-state index in [1.807, 2.05) is 0 Å². The smallest absolute Gasteiger partial charge is 0.317 e. The van der Waals surface area contributed by atoms with E-state index in [1.165, 1.54) is 38.6 Å². The molecule has 1 aliphatic carbocycles. The highest BCUT2D eigenvalue weighted by Gasteiger charge is 2.32. The van der Waals surface area contributed by atoms with Crippen LogP contribution < -0.4 is 5.32 Å². The van der Waals surface area contributed by atoms with Crippen LogP contribution in [0.4, 0.5) is 4.79 Å². The van der Waals surface area contributed by atoms with Gasteiger partial charge in [0.15, 0.2) is 0 Å². The Labute approximate surface area is 134 Å². The number of rotatable bonds is 3. The van der Waals surface area contributed by atoms with Crippen LogP contribution in [0.15, 0.2) is 0 Å². The van der Waals surface area contributed by atoms with Crippen molar-refractivity contribution >= 4 is 6.03 Å². The predicted molar refractivity (Wildman–Crippen MR) is 86.7 cm³/mol. The number of likely N-dealkylation sites (tertiary alicyclic amines) is 2. The first kappa shape index (κ1) is 16.1. The number of aliphatic hydroxyl groups excluding tert-OH is 1. The molecule has 2 aliphatic heterocycles. The van der Waals surface area contributed by atoms with Gasteiger partial charge >= 0.3 is 6.03 Å². The molecule has 0 aromatic carbocycles. The summed E-state index contributed by atoms with van der Waals surface area (Å²) in [5.74, 6) is 0.563. The molecule has 3 unspecified atom stereocenters. The molecule has 0 aromatic rings. The highest BCUT2D eigenvalue weighted by Crippen LogP contribution is 2.30. The normalized spacial score (nSPS) is 32.4. The van der Waals surface area contributed by atoms with E-state index in [0.29, 0.717) is 12.5 Å². The Bertz CT molecular complexity index is 386. The molecule has 1 saturated carbocycles. The number of nitrogens with one attached hydrogen (secondary N) is 1. The van der Waals surface area contributed by atoms with Gasteiger partial charge in [-0.3, -0.25) is 0 Å². The predicted octanol–water partition coefficient (Wildman–Crippen LogP) is 1.81. The van der Waals surface area contributed by atoms with Crippen molar-refractivity contribution in [1.29, 1.82) is 0 Å². The third kappa shape index (κ3) is 3.74. The van der Waals surface area contributed by atoms with Gasteiger partial charge in [-0.1, -0.05) is 6.42 Å². The van der Waals surface area contributed by atoms with E-state index in [4.69, 9.17) is 0 Å². The number of nitrogens with zero attached hydrogens (tertiary/aromatic N) is 2. The lowest BCUT2D eigenvalue weighted by atomic mass is 9.85. The molecule has 22 heavy (non-hydrogen) atoms. The monoisotopic (exact) mass is 309 g/mol. The Morgan fingerprint density at radius 1 is 1.09 bits per heavy atom. The first-order valence-electron chi connectivity index (χ1n) is 9.11. The Morgan fingerprint density at radius 2 is 1.86 bits per heavy atom. The van der Waals surface area contributed by atoms with Crippen LogP contribution in [0.5, 0.6) is 0 Å². The van der Waals surface area contributed by atoms with Crippen molar-refractivity contribution in [3.8, 4) is 0 Å². The third-order valence-electron chi connectivity index (χ3n) is 5.82. The van der Waals surface area contributed by atoms with Crippen LogP contribution in [-0.2, 0) is 0 Å². The van der Waals surface area contributed by atoms with Gasteiger partial charge in [-0.2, -0.15) is 0 Å². The SMILES string of the molecule is CC(NC(=O)N1CCCC(O)C1)C1CCCN(C2CCC2)C1. The van der Waals surface area contributed by atoms with Crippen molar-refractivity contribution in [2.24, 2.45) is 5.92 Å². The maximum atomic E-state index is 12.4. The third-order valence-corrected chi connectivity index (χ3v) is 5.82. The molecule has 5 nitrogen and oxygen atoms in total. The zero-order valence-corrected chi connectivity index (χ0v) is 13.8. The number of carbonyl (C=O) groups is 1. The van der Waals surface area contributed by atoms with Crippen LogP contribution in [0.25, 0.3) is 0 Å². The fraction of sp³-hybridized carbons (Fsp3) is 0.941. The topological polar surface area (TPSA) is 55.8 Å². The van der Waals surface area contributed by atoms with Crippen LogP contribution in [0.1, 0.15) is 51.9 Å². The van der Waals surface area contributed by atoms with Crippen molar-refractivity contribution in [3.05, 3.63) is 0 Å². The highest BCUT2D eigenvalue weighted by molar-refractivity contribution is 5.74. The molecule has 2 heterocycles. The summed E-state index contributed by atoms with van der Waals surface area (Å²) in [5.41, 5.74) is 0. The van der Waals surface area contributed by atoms with Gasteiger partial charge in [0, 0.05) is 31.7 Å². The summed E-state index contributed by atoms with van der Waals surface area (Å²) in [6.07, 6.45) is 7.95. The minimum absolute atomic E-state index is 0.00650. The second-order valence-electron chi connectivity index (χ2n) is 7.46. The van der Waals surface area contributed by atoms with E-state index >= 15 is 0 Å². The number of hydrogen-bond donors (Lipinski definition) is 2. The zero-order valence-electron chi connectivity index (χ0n) is 13.8. The van der Waals surface area contributed by atoms with Gasteiger partial charge in [-0.05, 0) is 57.9 Å². The van der Waals surface area contributed by atoms with Crippen molar-refractivity contribution in [2.45, 2.75) is 70.1 Å². The first-order chi connectivity index (χ1) is 10.6. The molecule has 126 valence electrons. The number of urea groups is 1. The van der Waals surface area contributed by atoms with Crippen LogP contribution >= 0.6 is 0 Å². The summed E-state index contributed by atoms with van der Waals surface area (Å²) < 4.78 is 0. The molecule has 0 bridgehead atoms. The quantitative estimate of drug-likeness (QED) is 0.836. The highest BCUT2D eigenvalue weighted by atomic mass is 16.3. The molecule has 2 amide bonds. The summed E-state index contributed by atoms with van der Waals surface area (Å²) in [7, 11) is 0. The molecule has 2 N–H and O–H groups in total. The molecule has 0 spiro atoms. The molecule has 3 aliphatic rings. The van der Waals surface area contributed by atoms with Crippen molar-refractivity contribution in [2.75, 3.05) is 26.2 Å². The van der Waals surface area contributed by atoms with Crippen molar-refractivity contribution < 1.29 is 9.90 Å². The zero-order chi connectivity index (χ0) is 15.5. The number of piperidine rings is 2. The minimum atomic E-state index is -0.349. The Hall–Kier alpha value is -0.810. The van der Waals surface area contributed by atoms with Gasteiger partial charge in [-0.25, -0.2) is 4.79 Å². The van der Waals surface area contributed by atoms with E-state index in [1.54, 1.807) is 4.90 Å². The largest absolute Gasteiger partial charge is 0.391 e. The fourth-order valence-electron chi connectivity index (χ4n) is 4.08. The van der Waals surface area contributed by atoms with Crippen molar-refractivity contribution in [3.63, 3.8) is 0 Å². The Morgan fingerprint density at radius 3 is 2.55 bits per heavy atom. The average molecular weight is 309 g/mol. The van der Waals surface area contributed by atoms with E-state index in [0.717, 1.165) is 32.0 Å². The fourth-order valence-corrected chi connectivity index (χ4v) is 4.08. The van der Waals surface area contributed by atoms with E-state index in [2.05, 4.69) is 17.1 Å². The van der Waals surface area contributed by atoms with Crippen molar-refractivity contribution in [1.82, 2.24) is 15.1 Å². The molecule has 0 radical (unpaired) electrons. The van der Waals surface area contributed by atoms with Gasteiger partial charge in [0.05, 0.1) is 6.10 Å². The Kier molecular flexibility index (Phi) is 5.24. The van der Waals surface area contributed by atoms with Gasteiger partial charge in [0.1, 0.15) is 0 Å². The van der Waals surface area contributed by atoms with E-state index < -0.39 is 0 Å². The number of β-amino-alcohol motifs (C(OH)–C–C–N with tert-alkyl or cyclic N) is 1. The Balaban J connectivity index is 1.47. The number of carbonyl (C=O) groups excluding carboxylic acids is 1. The summed E-state index contributed by atoms with van der Waals surface area (Å²) in [5, 5.41) is 12.9. The summed E-state index contributed by atoms with van der Waals surface area (Å²) in [6, 6.07) is 1.03. The summed E-state index contributed by atoms with van der Waals surface area (Å²) in [4.78, 5) is 16.8. The number of hydrogen-bond acceptors (Lipinski definition) is 3. The van der Waals surface area contributed by atoms with E-state index in [9.17, 15) is 9.90 Å². The van der Waals surface area contributed by atoms with Crippen LogP contribution in [0.3, 0.4) is 0 Å². The molecule has 2 saturated heterocycles. The molecule has 5 heteroatoms. The first-order valence-corrected chi connectivity index (χ1v) is 9.11. The lowest BCUT2D eigenvalue weighted by molar-refractivity contribution is 0.0630. The number of amides is 2. The lowest BCUT2D eigenvalue weighted by Crippen LogP contribution is -2.54. The maximum Gasteiger partial charge on any atom is 0.317 e. The van der Waals surface area contributed by atoms with Gasteiger partial charge in [0.2, 0.25) is 0 Å². The average Bonchev–Trinajstić information content (AvgIpc) is 2.45. The van der Waals surface area contributed by atoms with Crippen LogP contribution in [0, 0.1) is 5.92 Å². The van der Waals surface area contributed by atoms with Gasteiger partial charge in [-0.15, -0.1) is 0 Å².